The molecule has 2 rings (SSSR count). The molecule has 1 aromatic heterocycles. The topological polar surface area (TPSA) is 52.0 Å². The number of hydrogen-bond acceptors (Lipinski definition) is 5. The van der Waals surface area contributed by atoms with Gasteiger partial charge in [-0.25, -0.2) is 0 Å². The average Bonchev–Trinajstić information content (AvgIpc) is 2.69. The molecule has 0 unspecified atom stereocenters. The van der Waals surface area contributed by atoms with Crippen molar-refractivity contribution in [1.82, 2.24) is 20.1 Å². The van der Waals surface area contributed by atoms with Crippen molar-refractivity contribution in [2.24, 2.45) is 0 Å². The van der Waals surface area contributed by atoms with E-state index in [1.165, 1.54) is 25.1 Å². The van der Waals surface area contributed by atoms with Crippen LogP contribution >= 0.6 is 11.8 Å². The quantitative estimate of drug-likeness (QED) is 0.561. The Bertz CT molecular complexity index is 408. The van der Waals surface area contributed by atoms with E-state index in [9.17, 15) is 0 Å². The third-order valence-corrected chi connectivity index (χ3v) is 4.50. The molecule has 0 spiro atoms. The van der Waals surface area contributed by atoms with Crippen molar-refractivity contribution in [3.05, 3.63) is 5.82 Å². The maximum atomic E-state index is 5.51. The Kier molecular flexibility index (Phi) is 7.53. The first-order chi connectivity index (χ1) is 10.3. The molecule has 0 aliphatic carbocycles. The molecule has 0 bridgehead atoms. The summed E-state index contributed by atoms with van der Waals surface area (Å²) in [7, 11) is 0. The number of rotatable bonds is 9. The third-order valence-electron chi connectivity index (χ3n) is 3.53. The highest BCUT2D eigenvalue weighted by Crippen LogP contribution is 2.21. The molecule has 0 radical (unpaired) electrons. The predicted octanol–water partition coefficient (Wildman–Crippen LogP) is 2.50. The summed E-state index contributed by atoms with van der Waals surface area (Å²) in [4.78, 5) is 0. The van der Waals surface area contributed by atoms with Crippen LogP contribution < -0.4 is 5.32 Å². The minimum absolute atomic E-state index is 0.337. The van der Waals surface area contributed by atoms with E-state index in [4.69, 9.17) is 4.74 Å². The lowest BCUT2D eigenvalue weighted by Crippen LogP contribution is -2.20. The van der Waals surface area contributed by atoms with Gasteiger partial charge in [0.05, 0.1) is 6.10 Å². The fraction of sp³-hybridized carbons (Fsp3) is 0.867. The van der Waals surface area contributed by atoms with Gasteiger partial charge in [0.15, 0.2) is 5.16 Å². The number of ether oxygens (including phenoxy) is 1. The maximum Gasteiger partial charge on any atom is 0.191 e. The second-order valence-corrected chi connectivity index (χ2v) is 6.79. The molecule has 5 nitrogen and oxygen atoms in total. The van der Waals surface area contributed by atoms with Crippen LogP contribution in [0.3, 0.4) is 0 Å². The van der Waals surface area contributed by atoms with Crippen LogP contribution in [0.4, 0.5) is 0 Å². The zero-order valence-corrected chi connectivity index (χ0v) is 14.1. The zero-order valence-electron chi connectivity index (χ0n) is 13.3. The molecule has 2 heterocycles. The van der Waals surface area contributed by atoms with Gasteiger partial charge in [-0.1, -0.05) is 18.2 Å². The fourth-order valence-electron chi connectivity index (χ4n) is 2.42. The van der Waals surface area contributed by atoms with Gasteiger partial charge in [0, 0.05) is 31.9 Å². The van der Waals surface area contributed by atoms with Crippen molar-refractivity contribution < 1.29 is 4.74 Å². The van der Waals surface area contributed by atoms with Crippen LogP contribution in [0.15, 0.2) is 5.16 Å². The first kappa shape index (κ1) is 16.8. The van der Waals surface area contributed by atoms with Crippen LogP contribution in [0.5, 0.6) is 0 Å². The Hall–Kier alpha value is -0.590. The molecule has 1 aliphatic rings. The minimum Gasteiger partial charge on any atom is -0.379 e. The van der Waals surface area contributed by atoms with E-state index in [0.29, 0.717) is 6.10 Å². The molecule has 0 amide bonds. The van der Waals surface area contributed by atoms with Crippen LogP contribution in [0.1, 0.15) is 45.4 Å². The smallest absolute Gasteiger partial charge is 0.191 e. The summed E-state index contributed by atoms with van der Waals surface area (Å²) in [6, 6.07) is 0. The van der Waals surface area contributed by atoms with Gasteiger partial charge in [0.2, 0.25) is 0 Å². The molecule has 1 N–H and O–H groups in total. The van der Waals surface area contributed by atoms with Gasteiger partial charge in [-0.2, -0.15) is 0 Å². The Morgan fingerprint density at radius 1 is 1.24 bits per heavy atom. The standard InChI is InChI=1S/C15H28N4OS/c1-13(2)20-11-6-8-16-9-12-21-15-18-17-14-7-4-3-5-10-19(14)15/h13,16H,3-12H2,1-2H3. The van der Waals surface area contributed by atoms with Gasteiger partial charge in [-0.15, -0.1) is 10.2 Å². The molecule has 120 valence electrons. The summed E-state index contributed by atoms with van der Waals surface area (Å²) in [6.45, 7) is 8.11. The van der Waals surface area contributed by atoms with Crippen LogP contribution in [-0.4, -0.2) is 46.3 Å². The fourth-order valence-corrected chi connectivity index (χ4v) is 3.30. The molecule has 0 saturated heterocycles. The Morgan fingerprint density at radius 3 is 3.00 bits per heavy atom. The lowest BCUT2D eigenvalue weighted by atomic mass is 10.2. The first-order valence-corrected chi connectivity index (χ1v) is 9.13. The first-order valence-electron chi connectivity index (χ1n) is 8.14. The summed E-state index contributed by atoms with van der Waals surface area (Å²) in [5.74, 6) is 2.22. The van der Waals surface area contributed by atoms with Crippen molar-refractivity contribution >= 4 is 11.8 Å². The highest BCUT2D eigenvalue weighted by atomic mass is 32.2. The van der Waals surface area contributed by atoms with E-state index in [1.807, 2.05) is 11.8 Å². The number of aryl methyl sites for hydroxylation is 1. The lowest BCUT2D eigenvalue weighted by Gasteiger charge is -2.08. The number of hydrogen-bond donors (Lipinski definition) is 1. The summed E-state index contributed by atoms with van der Waals surface area (Å²) >= 11 is 1.82. The molecule has 0 atom stereocenters. The Balaban J connectivity index is 1.58. The van der Waals surface area contributed by atoms with E-state index in [2.05, 4.69) is 33.9 Å². The monoisotopic (exact) mass is 312 g/mol. The molecule has 6 heteroatoms. The van der Waals surface area contributed by atoms with Crippen LogP contribution in [0.2, 0.25) is 0 Å². The molecular weight excluding hydrogens is 284 g/mol. The van der Waals surface area contributed by atoms with E-state index < -0.39 is 0 Å². The molecular formula is C15H28N4OS. The van der Waals surface area contributed by atoms with E-state index >= 15 is 0 Å². The molecule has 0 saturated carbocycles. The van der Waals surface area contributed by atoms with Gasteiger partial charge < -0.3 is 14.6 Å². The van der Waals surface area contributed by atoms with Crippen LogP contribution in [0.25, 0.3) is 0 Å². The summed E-state index contributed by atoms with van der Waals surface area (Å²) in [6.07, 6.45) is 6.32. The number of aromatic nitrogens is 3. The second kappa shape index (κ2) is 9.43. The largest absolute Gasteiger partial charge is 0.379 e. The number of nitrogens with one attached hydrogen (secondary N) is 1. The SMILES string of the molecule is CC(C)OCCCNCCSc1nnc2n1CCCCC2. The average molecular weight is 312 g/mol. The summed E-state index contributed by atoms with van der Waals surface area (Å²) < 4.78 is 7.83. The number of nitrogens with zero attached hydrogens (tertiary/aromatic N) is 3. The molecule has 0 aromatic carbocycles. The lowest BCUT2D eigenvalue weighted by molar-refractivity contribution is 0.0772. The van der Waals surface area contributed by atoms with Gasteiger partial charge in [0.1, 0.15) is 5.82 Å². The molecule has 1 aromatic rings. The van der Waals surface area contributed by atoms with Crippen molar-refractivity contribution in [1.29, 1.82) is 0 Å². The van der Waals surface area contributed by atoms with E-state index in [0.717, 1.165) is 50.0 Å². The zero-order chi connectivity index (χ0) is 14.9. The van der Waals surface area contributed by atoms with Crippen molar-refractivity contribution in [3.63, 3.8) is 0 Å². The van der Waals surface area contributed by atoms with Crippen molar-refractivity contribution in [3.8, 4) is 0 Å². The van der Waals surface area contributed by atoms with Gasteiger partial charge >= 0.3 is 0 Å². The summed E-state index contributed by atoms with van der Waals surface area (Å²) in [5, 5.41) is 13.2. The van der Waals surface area contributed by atoms with Crippen LogP contribution in [-0.2, 0) is 17.7 Å². The second-order valence-electron chi connectivity index (χ2n) is 5.73. The van der Waals surface area contributed by atoms with Gasteiger partial charge in [0.25, 0.3) is 0 Å². The van der Waals surface area contributed by atoms with Crippen LogP contribution in [0, 0.1) is 0 Å². The Labute approximate surface area is 132 Å². The van der Waals surface area contributed by atoms with Crippen molar-refractivity contribution in [2.45, 2.75) is 63.8 Å². The molecule has 0 fully saturated rings. The van der Waals surface area contributed by atoms with E-state index in [1.54, 1.807) is 0 Å². The molecule has 1 aliphatic heterocycles. The number of fused-ring (bicyclic) bond motifs is 1. The molecule has 21 heavy (non-hydrogen) atoms. The normalized spacial score (nSPS) is 15.2. The highest BCUT2D eigenvalue weighted by molar-refractivity contribution is 7.99. The maximum absolute atomic E-state index is 5.51. The van der Waals surface area contributed by atoms with Gasteiger partial charge in [-0.3, -0.25) is 0 Å². The minimum atomic E-state index is 0.337. The van der Waals surface area contributed by atoms with Gasteiger partial charge in [-0.05, 0) is 39.7 Å². The van der Waals surface area contributed by atoms with E-state index in [-0.39, 0.29) is 0 Å². The number of thioether (sulfide) groups is 1. The third kappa shape index (κ3) is 5.96. The Morgan fingerprint density at radius 2 is 2.14 bits per heavy atom. The van der Waals surface area contributed by atoms with Crippen molar-refractivity contribution in [2.75, 3.05) is 25.4 Å². The predicted molar refractivity (Wildman–Crippen MR) is 86.9 cm³/mol. The highest BCUT2D eigenvalue weighted by Gasteiger charge is 2.14. The summed E-state index contributed by atoms with van der Waals surface area (Å²) in [5.41, 5.74) is 0.